The van der Waals surface area contributed by atoms with Gasteiger partial charge in [-0.1, -0.05) is 78.9 Å². The summed E-state index contributed by atoms with van der Waals surface area (Å²) in [6.07, 6.45) is 1.82. The van der Waals surface area contributed by atoms with Gasteiger partial charge in [-0.3, -0.25) is 4.99 Å². The van der Waals surface area contributed by atoms with E-state index in [1.807, 2.05) is 18.3 Å². The molecule has 5 aromatic rings. The van der Waals surface area contributed by atoms with Gasteiger partial charge in [0.1, 0.15) is 5.82 Å². The minimum atomic E-state index is 0.745. The number of aryl methyl sites for hydroxylation is 2. The van der Waals surface area contributed by atoms with Crippen molar-refractivity contribution in [2.45, 2.75) is 13.8 Å². The number of aromatic nitrogens is 2. The van der Waals surface area contributed by atoms with Crippen LogP contribution in [0.4, 0.5) is 5.69 Å². The van der Waals surface area contributed by atoms with Crippen LogP contribution in [0.1, 0.15) is 17.0 Å². The molecule has 1 aromatic heterocycles. The smallest absolute Gasteiger partial charge is 0.149 e. The SMILES string of the molecule is Cc1cc(C)cc(/N=C/c2nc3c(-c4ccccc4)ccc(-c4ccccc4)c3[nH]2)c1. The predicted molar refractivity (Wildman–Crippen MR) is 130 cm³/mol. The Hall–Kier alpha value is -3.98. The molecule has 0 spiro atoms. The molecule has 3 heteroatoms. The highest BCUT2D eigenvalue weighted by Crippen LogP contribution is 2.34. The van der Waals surface area contributed by atoms with E-state index in [4.69, 9.17) is 4.98 Å². The minimum Gasteiger partial charge on any atom is -0.337 e. The molecular formula is C28H23N3. The van der Waals surface area contributed by atoms with E-state index in [-0.39, 0.29) is 0 Å². The third-order valence-corrected chi connectivity index (χ3v) is 5.38. The first-order chi connectivity index (χ1) is 15.2. The minimum absolute atomic E-state index is 0.745. The Morgan fingerprint density at radius 1 is 0.710 bits per heavy atom. The summed E-state index contributed by atoms with van der Waals surface area (Å²) in [7, 11) is 0. The fourth-order valence-corrected chi connectivity index (χ4v) is 4.04. The van der Waals surface area contributed by atoms with Crippen LogP contribution in [0.5, 0.6) is 0 Å². The third-order valence-electron chi connectivity index (χ3n) is 5.38. The van der Waals surface area contributed by atoms with E-state index in [0.717, 1.165) is 44.8 Å². The second-order valence-electron chi connectivity index (χ2n) is 7.84. The number of hydrogen-bond donors (Lipinski definition) is 1. The molecule has 0 amide bonds. The summed E-state index contributed by atoms with van der Waals surface area (Å²) in [5.74, 6) is 0.745. The van der Waals surface area contributed by atoms with Crippen molar-refractivity contribution in [2.75, 3.05) is 0 Å². The van der Waals surface area contributed by atoms with E-state index < -0.39 is 0 Å². The zero-order chi connectivity index (χ0) is 21.2. The maximum atomic E-state index is 4.93. The Morgan fingerprint density at radius 2 is 1.29 bits per heavy atom. The van der Waals surface area contributed by atoms with Crippen LogP contribution in [0.15, 0.2) is 96.0 Å². The molecule has 31 heavy (non-hydrogen) atoms. The van der Waals surface area contributed by atoms with Gasteiger partial charge in [-0.05, 0) is 48.2 Å². The molecule has 0 aliphatic rings. The van der Waals surface area contributed by atoms with Gasteiger partial charge in [0.25, 0.3) is 0 Å². The highest BCUT2D eigenvalue weighted by molar-refractivity contribution is 6.02. The Kier molecular flexibility index (Phi) is 4.93. The molecule has 0 unspecified atom stereocenters. The van der Waals surface area contributed by atoms with Crippen molar-refractivity contribution in [3.8, 4) is 22.3 Å². The molecule has 0 saturated carbocycles. The van der Waals surface area contributed by atoms with E-state index >= 15 is 0 Å². The van der Waals surface area contributed by atoms with Crippen molar-refractivity contribution in [1.29, 1.82) is 0 Å². The average molecular weight is 402 g/mol. The van der Waals surface area contributed by atoms with Crippen LogP contribution in [-0.2, 0) is 0 Å². The van der Waals surface area contributed by atoms with Crippen LogP contribution in [0.25, 0.3) is 33.3 Å². The molecule has 0 aliphatic carbocycles. The molecule has 4 aromatic carbocycles. The molecule has 3 nitrogen and oxygen atoms in total. The lowest BCUT2D eigenvalue weighted by Gasteiger charge is -2.07. The van der Waals surface area contributed by atoms with Crippen molar-refractivity contribution in [3.05, 3.63) is 108 Å². The van der Waals surface area contributed by atoms with Crippen LogP contribution < -0.4 is 0 Å². The van der Waals surface area contributed by atoms with Gasteiger partial charge in [0, 0.05) is 11.1 Å². The zero-order valence-corrected chi connectivity index (χ0v) is 17.6. The van der Waals surface area contributed by atoms with Gasteiger partial charge >= 0.3 is 0 Å². The zero-order valence-electron chi connectivity index (χ0n) is 17.6. The van der Waals surface area contributed by atoms with Gasteiger partial charge in [-0.15, -0.1) is 0 Å². The quantitative estimate of drug-likeness (QED) is 0.316. The summed E-state index contributed by atoms with van der Waals surface area (Å²) in [6.45, 7) is 4.18. The van der Waals surface area contributed by atoms with E-state index in [1.54, 1.807) is 0 Å². The molecule has 0 atom stereocenters. The molecule has 0 radical (unpaired) electrons. The third kappa shape index (κ3) is 3.90. The summed E-state index contributed by atoms with van der Waals surface area (Å²) < 4.78 is 0. The maximum absolute atomic E-state index is 4.93. The summed E-state index contributed by atoms with van der Waals surface area (Å²) in [5.41, 5.74) is 9.87. The van der Waals surface area contributed by atoms with E-state index in [1.165, 1.54) is 11.1 Å². The molecule has 0 fully saturated rings. The topological polar surface area (TPSA) is 41.0 Å². The number of fused-ring (bicyclic) bond motifs is 1. The monoisotopic (exact) mass is 401 g/mol. The first-order valence-corrected chi connectivity index (χ1v) is 10.4. The molecule has 150 valence electrons. The Bertz CT molecular complexity index is 1280. The van der Waals surface area contributed by atoms with Crippen molar-refractivity contribution < 1.29 is 0 Å². The lowest BCUT2D eigenvalue weighted by molar-refractivity contribution is 1.29. The number of aromatic amines is 1. The number of H-pyrrole nitrogens is 1. The van der Waals surface area contributed by atoms with Crippen molar-refractivity contribution >= 4 is 22.9 Å². The lowest BCUT2D eigenvalue weighted by atomic mass is 9.98. The molecule has 5 rings (SSSR count). The Balaban J connectivity index is 1.66. The van der Waals surface area contributed by atoms with E-state index in [0.29, 0.717) is 0 Å². The van der Waals surface area contributed by atoms with Gasteiger partial charge in [-0.2, -0.15) is 0 Å². The van der Waals surface area contributed by atoms with Gasteiger partial charge in [-0.25, -0.2) is 4.98 Å². The fourth-order valence-electron chi connectivity index (χ4n) is 4.04. The van der Waals surface area contributed by atoms with E-state index in [9.17, 15) is 0 Å². The molecule has 0 saturated heterocycles. The van der Waals surface area contributed by atoms with Crippen LogP contribution in [0.2, 0.25) is 0 Å². The van der Waals surface area contributed by atoms with Gasteiger partial charge < -0.3 is 4.98 Å². The van der Waals surface area contributed by atoms with Crippen molar-refractivity contribution in [1.82, 2.24) is 9.97 Å². The number of nitrogens with one attached hydrogen (secondary N) is 1. The lowest BCUT2D eigenvalue weighted by Crippen LogP contribution is -1.85. The molecule has 0 bridgehead atoms. The average Bonchev–Trinajstić information content (AvgIpc) is 3.22. The van der Waals surface area contributed by atoms with Crippen LogP contribution in [0, 0.1) is 13.8 Å². The first kappa shape index (κ1) is 19.0. The number of rotatable bonds is 4. The van der Waals surface area contributed by atoms with Crippen LogP contribution in [0.3, 0.4) is 0 Å². The second-order valence-corrected chi connectivity index (χ2v) is 7.84. The summed E-state index contributed by atoms with van der Waals surface area (Å²) >= 11 is 0. The second kappa shape index (κ2) is 8.04. The highest BCUT2D eigenvalue weighted by atomic mass is 14.9. The van der Waals surface area contributed by atoms with Crippen molar-refractivity contribution in [2.24, 2.45) is 4.99 Å². The van der Waals surface area contributed by atoms with Crippen LogP contribution >= 0.6 is 0 Å². The van der Waals surface area contributed by atoms with Gasteiger partial charge in [0.15, 0.2) is 0 Å². The number of nitrogens with zero attached hydrogens (tertiary/aromatic N) is 2. The standard InChI is InChI=1S/C28H23N3/c1-19-15-20(2)17-23(16-19)29-18-26-30-27-24(21-9-5-3-6-10-21)13-14-25(28(27)31-26)22-11-7-4-8-12-22/h3-18H,1-2H3,(H,30,31)/b29-18+. The number of aliphatic imine (C=N–C) groups is 1. The Labute approximate surface area is 182 Å². The first-order valence-electron chi connectivity index (χ1n) is 10.4. The fraction of sp³-hybridized carbons (Fsp3) is 0.0714. The molecule has 0 aliphatic heterocycles. The van der Waals surface area contributed by atoms with Crippen LogP contribution in [-0.4, -0.2) is 16.2 Å². The highest BCUT2D eigenvalue weighted by Gasteiger charge is 2.13. The number of imidazole rings is 1. The normalized spacial score (nSPS) is 11.4. The van der Waals surface area contributed by atoms with Crippen molar-refractivity contribution in [3.63, 3.8) is 0 Å². The largest absolute Gasteiger partial charge is 0.337 e. The molecule has 1 N–H and O–H groups in total. The predicted octanol–water partition coefficient (Wildman–Crippen LogP) is 7.26. The van der Waals surface area contributed by atoms with Gasteiger partial charge in [0.05, 0.1) is 22.9 Å². The Morgan fingerprint density at radius 3 is 1.94 bits per heavy atom. The molecular weight excluding hydrogens is 378 g/mol. The molecule has 1 heterocycles. The van der Waals surface area contributed by atoms with E-state index in [2.05, 4.69) is 103 Å². The summed E-state index contributed by atoms with van der Waals surface area (Å²) in [6, 6.07) is 31.4. The summed E-state index contributed by atoms with van der Waals surface area (Å²) in [4.78, 5) is 13.1. The maximum Gasteiger partial charge on any atom is 0.149 e. The summed E-state index contributed by atoms with van der Waals surface area (Å²) in [5, 5.41) is 0. The number of hydrogen-bond acceptors (Lipinski definition) is 2. The van der Waals surface area contributed by atoms with Gasteiger partial charge in [0.2, 0.25) is 0 Å². The number of benzene rings is 4.